The van der Waals surface area contributed by atoms with Crippen molar-refractivity contribution in [1.82, 2.24) is 4.90 Å². The zero-order valence-corrected chi connectivity index (χ0v) is 9.24. The summed E-state index contributed by atoms with van der Waals surface area (Å²) in [6.07, 6.45) is 0.229. The fraction of sp³-hybridized carbons (Fsp3) is 0.900. The molecule has 0 saturated carbocycles. The van der Waals surface area contributed by atoms with Crippen LogP contribution in [0.3, 0.4) is 0 Å². The number of aliphatic carboxylic acids is 1. The number of hydrogen-bond donors (Lipinski definition) is 1. The van der Waals surface area contributed by atoms with Crippen LogP contribution in [0.25, 0.3) is 0 Å². The van der Waals surface area contributed by atoms with Crippen LogP contribution in [0.2, 0.25) is 0 Å². The van der Waals surface area contributed by atoms with Crippen molar-refractivity contribution in [3.05, 3.63) is 0 Å². The van der Waals surface area contributed by atoms with Crippen LogP contribution in [0.5, 0.6) is 0 Å². The minimum Gasteiger partial charge on any atom is -0.481 e. The zero-order valence-electron chi connectivity index (χ0n) is 9.24. The first-order chi connectivity index (χ1) is 5.86. The molecule has 1 N–H and O–H groups in total. The monoisotopic (exact) mass is 187 g/mol. The Bertz CT molecular complexity index is 166. The second kappa shape index (κ2) is 5.22. The van der Waals surface area contributed by atoms with Gasteiger partial charge in [-0.15, -0.1) is 0 Å². The normalized spacial score (nSPS) is 14.2. The first-order valence-electron chi connectivity index (χ1n) is 4.80. The Morgan fingerprint density at radius 1 is 1.31 bits per heavy atom. The highest BCUT2D eigenvalue weighted by Gasteiger charge is 2.22. The largest absolute Gasteiger partial charge is 0.481 e. The summed E-state index contributed by atoms with van der Waals surface area (Å²) in [5.41, 5.74) is 0. The summed E-state index contributed by atoms with van der Waals surface area (Å²) in [7, 11) is 1.98. The lowest BCUT2D eigenvalue weighted by atomic mass is 9.98. The van der Waals surface area contributed by atoms with Gasteiger partial charge in [0.15, 0.2) is 0 Å². The van der Waals surface area contributed by atoms with Crippen LogP contribution in [0.4, 0.5) is 0 Å². The van der Waals surface area contributed by atoms with Gasteiger partial charge in [0.2, 0.25) is 0 Å². The van der Waals surface area contributed by atoms with Gasteiger partial charge in [-0.1, -0.05) is 13.8 Å². The molecule has 0 aliphatic carbocycles. The van der Waals surface area contributed by atoms with Gasteiger partial charge in [0, 0.05) is 12.1 Å². The average Bonchev–Trinajstić information content (AvgIpc) is 1.97. The van der Waals surface area contributed by atoms with Crippen molar-refractivity contribution in [3.63, 3.8) is 0 Å². The van der Waals surface area contributed by atoms with E-state index >= 15 is 0 Å². The molecule has 0 bridgehead atoms. The molecule has 78 valence electrons. The van der Waals surface area contributed by atoms with Crippen LogP contribution in [0.1, 0.15) is 34.1 Å². The Morgan fingerprint density at radius 2 is 1.77 bits per heavy atom. The predicted molar refractivity (Wildman–Crippen MR) is 53.8 cm³/mol. The van der Waals surface area contributed by atoms with E-state index in [0.717, 1.165) is 0 Å². The van der Waals surface area contributed by atoms with Crippen LogP contribution in [-0.2, 0) is 4.79 Å². The lowest BCUT2D eigenvalue weighted by molar-refractivity contribution is -0.138. The molecule has 0 heterocycles. The van der Waals surface area contributed by atoms with Crippen molar-refractivity contribution in [1.29, 1.82) is 0 Å². The third-order valence-electron chi connectivity index (χ3n) is 2.49. The summed E-state index contributed by atoms with van der Waals surface area (Å²) in [6.45, 7) is 8.29. The molecule has 0 fully saturated rings. The van der Waals surface area contributed by atoms with Crippen molar-refractivity contribution in [2.24, 2.45) is 5.92 Å². The third-order valence-corrected chi connectivity index (χ3v) is 2.49. The third kappa shape index (κ3) is 4.27. The molecule has 0 aliphatic rings. The van der Waals surface area contributed by atoms with Gasteiger partial charge < -0.3 is 10.0 Å². The SMILES string of the molecule is CC(C)C(CC(=O)O)N(C)C(C)C. The van der Waals surface area contributed by atoms with E-state index in [2.05, 4.69) is 32.6 Å². The topological polar surface area (TPSA) is 40.5 Å². The lowest BCUT2D eigenvalue weighted by Crippen LogP contribution is -2.41. The molecule has 0 aromatic carbocycles. The summed E-state index contributed by atoms with van der Waals surface area (Å²) < 4.78 is 0. The number of hydrogen-bond acceptors (Lipinski definition) is 2. The molecule has 3 nitrogen and oxygen atoms in total. The summed E-state index contributed by atoms with van der Waals surface area (Å²) in [5.74, 6) is -0.338. The molecule has 1 unspecified atom stereocenters. The maximum absolute atomic E-state index is 10.6. The van der Waals surface area contributed by atoms with Gasteiger partial charge in [0.25, 0.3) is 0 Å². The van der Waals surface area contributed by atoms with E-state index in [1.165, 1.54) is 0 Å². The number of carbonyl (C=O) groups is 1. The summed E-state index contributed by atoms with van der Waals surface area (Å²) in [5, 5.41) is 8.74. The minimum atomic E-state index is -0.716. The van der Waals surface area contributed by atoms with Gasteiger partial charge in [-0.05, 0) is 26.8 Å². The molecule has 0 aromatic rings. The summed E-state index contributed by atoms with van der Waals surface area (Å²) >= 11 is 0. The molecule has 0 amide bonds. The zero-order chi connectivity index (χ0) is 10.6. The summed E-state index contributed by atoms with van der Waals surface area (Å²) in [6, 6.07) is 0.532. The van der Waals surface area contributed by atoms with E-state index in [9.17, 15) is 4.79 Å². The lowest BCUT2D eigenvalue weighted by Gasteiger charge is -2.33. The minimum absolute atomic E-state index is 0.137. The van der Waals surface area contributed by atoms with Crippen LogP contribution in [0, 0.1) is 5.92 Å². The Labute approximate surface area is 80.7 Å². The molecule has 0 rings (SSSR count). The van der Waals surface area contributed by atoms with E-state index in [0.29, 0.717) is 12.0 Å². The van der Waals surface area contributed by atoms with Crippen molar-refractivity contribution < 1.29 is 9.90 Å². The number of rotatable bonds is 5. The van der Waals surface area contributed by atoms with Gasteiger partial charge in [-0.2, -0.15) is 0 Å². The molecule has 0 radical (unpaired) electrons. The molecule has 0 aromatic heterocycles. The van der Waals surface area contributed by atoms with Crippen LogP contribution in [0.15, 0.2) is 0 Å². The van der Waals surface area contributed by atoms with Crippen molar-refractivity contribution >= 4 is 5.97 Å². The van der Waals surface area contributed by atoms with Gasteiger partial charge in [-0.3, -0.25) is 4.79 Å². The van der Waals surface area contributed by atoms with E-state index in [1.54, 1.807) is 0 Å². The van der Waals surface area contributed by atoms with Crippen molar-refractivity contribution in [3.8, 4) is 0 Å². The average molecular weight is 187 g/mol. The van der Waals surface area contributed by atoms with Crippen LogP contribution < -0.4 is 0 Å². The molecule has 1 atom stereocenters. The highest BCUT2D eigenvalue weighted by atomic mass is 16.4. The van der Waals surface area contributed by atoms with Gasteiger partial charge in [-0.25, -0.2) is 0 Å². The first-order valence-corrected chi connectivity index (χ1v) is 4.80. The second-order valence-electron chi connectivity index (χ2n) is 4.17. The predicted octanol–water partition coefficient (Wildman–Crippen LogP) is 1.83. The van der Waals surface area contributed by atoms with Gasteiger partial charge in [0.1, 0.15) is 0 Å². The van der Waals surface area contributed by atoms with Crippen LogP contribution >= 0.6 is 0 Å². The molecule has 0 spiro atoms. The Morgan fingerprint density at radius 3 is 2.00 bits per heavy atom. The molecule has 13 heavy (non-hydrogen) atoms. The molecular weight excluding hydrogens is 166 g/mol. The van der Waals surface area contributed by atoms with E-state index in [4.69, 9.17) is 5.11 Å². The summed E-state index contributed by atoms with van der Waals surface area (Å²) in [4.78, 5) is 12.7. The maximum Gasteiger partial charge on any atom is 0.304 e. The maximum atomic E-state index is 10.6. The molecule has 3 heteroatoms. The smallest absolute Gasteiger partial charge is 0.304 e. The Hall–Kier alpha value is -0.570. The van der Waals surface area contributed by atoms with Crippen molar-refractivity contribution in [2.45, 2.75) is 46.2 Å². The van der Waals surface area contributed by atoms with Gasteiger partial charge >= 0.3 is 5.97 Å². The van der Waals surface area contributed by atoms with Crippen molar-refractivity contribution in [2.75, 3.05) is 7.05 Å². The standard InChI is InChI=1S/C10H21NO2/c1-7(2)9(6-10(12)13)11(5)8(3)4/h7-9H,6H2,1-5H3,(H,12,13). The fourth-order valence-corrected chi connectivity index (χ4v) is 1.41. The second-order valence-corrected chi connectivity index (χ2v) is 4.17. The number of carboxylic acid groups (broad SMARTS) is 1. The number of nitrogens with zero attached hydrogens (tertiary/aromatic N) is 1. The quantitative estimate of drug-likeness (QED) is 0.713. The molecule has 0 aliphatic heterocycles. The van der Waals surface area contributed by atoms with E-state index in [-0.39, 0.29) is 12.5 Å². The van der Waals surface area contributed by atoms with Crippen LogP contribution in [-0.4, -0.2) is 35.1 Å². The Balaban J connectivity index is 4.32. The molecular formula is C10H21NO2. The first kappa shape index (κ1) is 12.4. The number of carboxylic acids is 1. The Kier molecular flexibility index (Phi) is 4.99. The molecule has 0 saturated heterocycles. The van der Waals surface area contributed by atoms with Gasteiger partial charge in [0.05, 0.1) is 6.42 Å². The highest BCUT2D eigenvalue weighted by molar-refractivity contribution is 5.67. The fourth-order valence-electron chi connectivity index (χ4n) is 1.41. The van der Waals surface area contributed by atoms with E-state index < -0.39 is 5.97 Å². The highest BCUT2D eigenvalue weighted by Crippen LogP contribution is 2.15. The van der Waals surface area contributed by atoms with E-state index in [1.807, 2.05) is 7.05 Å².